The number of aliphatic imine (C=N–C) groups is 1. The number of hydrogen-bond donors (Lipinski definition) is 4. The summed E-state index contributed by atoms with van der Waals surface area (Å²) in [5, 5.41) is 13.5. The van der Waals surface area contributed by atoms with E-state index in [0.717, 1.165) is 51.4 Å². The van der Waals surface area contributed by atoms with Gasteiger partial charge in [0.25, 0.3) is 0 Å². The Kier molecular flexibility index (Phi) is 11.0. The van der Waals surface area contributed by atoms with E-state index in [9.17, 15) is 4.79 Å². The van der Waals surface area contributed by atoms with Gasteiger partial charge in [-0.3, -0.25) is 9.79 Å². The fourth-order valence-electron chi connectivity index (χ4n) is 3.82. The first-order chi connectivity index (χ1) is 14.6. The van der Waals surface area contributed by atoms with Gasteiger partial charge in [0.15, 0.2) is 5.96 Å². The molecule has 1 unspecified atom stereocenters. The van der Waals surface area contributed by atoms with Crippen LogP contribution in [-0.4, -0.2) is 56.8 Å². The second kappa shape index (κ2) is 13.2. The smallest absolute Gasteiger partial charge is 0.223 e. The summed E-state index contributed by atoms with van der Waals surface area (Å²) in [5.41, 5.74) is 1.19. The predicted octanol–water partition coefficient (Wildman–Crippen LogP) is 2.59. The highest BCUT2D eigenvalue weighted by Crippen LogP contribution is 2.28. The van der Waals surface area contributed by atoms with Gasteiger partial charge in [0, 0.05) is 50.3 Å². The Balaban J connectivity index is 0.00000341. The van der Waals surface area contributed by atoms with Gasteiger partial charge in [-0.1, -0.05) is 30.3 Å². The lowest BCUT2D eigenvalue weighted by Gasteiger charge is -2.39. The van der Waals surface area contributed by atoms with E-state index in [1.54, 1.807) is 0 Å². The average molecular weight is 543 g/mol. The number of ether oxygens (including phenoxy) is 1. The van der Waals surface area contributed by atoms with Crippen molar-refractivity contribution in [2.45, 2.75) is 51.1 Å². The topological polar surface area (TPSA) is 86.8 Å². The quantitative estimate of drug-likeness (QED) is 0.158. The Morgan fingerprint density at radius 2 is 1.81 bits per heavy atom. The zero-order valence-electron chi connectivity index (χ0n) is 18.8. The van der Waals surface area contributed by atoms with Gasteiger partial charge in [0.05, 0.1) is 6.54 Å². The summed E-state index contributed by atoms with van der Waals surface area (Å²) in [5.74, 6) is 1.22. The van der Waals surface area contributed by atoms with Crippen LogP contribution in [0.15, 0.2) is 35.3 Å². The molecule has 0 radical (unpaired) electrons. The molecule has 1 heterocycles. The number of carbonyl (C=O) groups excluding carboxylic acids is 1. The third kappa shape index (κ3) is 8.57. The molecule has 1 amide bonds. The summed E-state index contributed by atoms with van der Waals surface area (Å²) in [7, 11) is 0. The monoisotopic (exact) mass is 543 g/mol. The highest BCUT2D eigenvalue weighted by Gasteiger charge is 2.34. The molecular formula is C23H38IN5O2. The van der Waals surface area contributed by atoms with E-state index in [-0.39, 0.29) is 47.4 Å². The van der Waals surface area contributed by atoms with E-state index in [1.165, 1.54) is 5.56 Å². The molecule has 31 heavy (non-hydrogen) atoms. The van der Waals surface area contributed by atoms with Gasteiger partial charge < -0.3 is 26.0 Å². The zero-order valence-corrected chi connectivity index (χ0v) is 21.1. The molecule has 8 heteroatoms. The molecule has 1 aromatic carbocycles. The molecule has 1 aliphatic heterocycles. The number of hydrogen-bond acceptors (Lipinski definition) is 4. The van der Waals surface area contributed by atoms with Crippen LogP contribution >= 0.6 is 24.0 Å². The third-order valence-electron chi connectivity index (χ3n) is 5.82. The van der Waals surface area contributed by atoms with Crippen molar-refractivity contribution in [1.29, 1.82) is 0 Å². The average Bonchev–Trinajstić information content (AvgIpc) is 3.62. The first kappa shape index (κ1) is 25.9. The lowest BCUT2D eigenvalue weighted by atomic mass is 9.88. The van der Waals surface area contributed by atoms with Crippen LogP contribution in [0.5, 0.6) is 0 Å². The molecule has 1 aromatic rings. The minimum Gasteiger partial charge on any atom is -0.381 e. The van der Waals surface area contributed by atoms with Crippen molar-refractivity contribution in [3.63, 3.8) is 0 Å². The van der Waals surface area contributed by atoms with Gasteiger partial charge in [0.2, 0.25) is 5.91 Å². The number of halogens is 1. The lowest BCUT2D eigenvalue weighted by Crippen LogP contribution is -2.53. The number of guanidine groups is 1. The summed E-state index contributed by atoms with van der Waals surface area (Å²) >= 11 is 0. The van der Waals surface area contributed by atoms with Crippen LogP contribution in [0.2, 0.25) is 0 Å². The Morgan fingerprint density at radius 3 is 2.45 bits per heavy atom. The van der Waals surface area contributed by atoms with Crippen LogP contribution in [-0.2, 0) is 9.53 Å². The van der Waals surface area contributed by atoms with Gasteiger partial charge in [-0.25, -0.2) is 0 Å². The molecular weight excluding hydrogens is 505 g/mol. The van der Waals surface area contributed by atoms with Crippen LogP contribution in [0.1, 0.15) is 51.1 Å². The van der Waals surface area contributed by atoms with E-state index < -0.39 is 0 Å². The standard InChI is InChI=1S/C23H37N5O2.HI/c1-3-24-22(26-14-13-25-21(29)20-9-10-20)27-17-23(11-15-30-16-12-23)28-18(2)19-7-5-4-6-8-19;/h4-8,18,20,28H,3,9-17H2,1-2H3,(H,25,29)(H2,24,26,27);1H. The predicted molar refractivity (Wildman–Crippen MR) is 136 cm³/mol. The summed E-state index contributed by atoms with van der Waals surface area (Å²) < 4.78 is 5.63. The van der Waals surface area contributed by atoms with E-state index in [2.05, 4.69) is 59.4 Å². The van der Waals surface area contributed by atoms with Crippen LogP contribution < -0.4 is 21.3 Å². The van der Waals surface area contributed by atoms with E-state index >= 15 is 0 Å². The molecule has 0 bridgehead atoms. The van der Waals surface area contributed by atoms with Crippen molar-refractivity contribution in [3.05, 3.63) is 35.9 Å². The number of nitrogens with zero attached hydrogens (tertiary/aromatic N) is 1. The van der Waals surface area contributed by atoms with Gasteiger partial charge in [-0.15, -0.1) is 24.0 Å². The van der Waals surface area contributed by atoms with Crippen molar-refractivity contribution in [3.8, 4) is 0 Å². The summed E-state index contributed by atoms with van der Waals surface area (Å²) in [6, 6.07) is 10.8. The molecule has 0 spiro atoms. The van der Waals surface area contributed by atoms with Crippen molar-refractivity contribution in [1.82, 2.24) is 21.3 Å². The van der Waals surface area contributed by atoms with E-state index in [1.807, 2.05) is 6.07 Å². The molecule has 2 fully saturated rings. The highest BCUT2D eigenvalue weighted by atomic mass is 127. The molecule has 3 rings (SSSR count). The second-order valence-corrected chi connectivity index (χ2v) is 8.36. The molecule has 2 aliphatic rings. The largest absolute Gasteiger partial charge is 0.381 e. The maximum Gasteiger partial charge on any atom is 0.223 e. The van der Waals surface area contributed by atoms with Crippen LogP contribution in [0.3, 0.4) is 0 Å². The normalized spacial score (nSPS) is 19.1. The summed E-state index contributed by atoms with van der Waals surface area (Å²) in [6.07, 6.45) is 3.93. The van der Waals surface area contributed by atoms with Crippen molar-refractivity contribution in [2.24, 2.45) is 10.9 Å². The second-order valence-electron chi connectivity index (χ2n) is 8.36. The van der Waals surface area contributed by atoms with Crippen LogP contribution in [0.4, 0.5) is 0 Å². The fourth-order valence-corrected chi connectivity index (χ4v) is 3.82. The third-order valence-corrected chi connectivity index (χ3v) is 5.82. The van der Waals surface area contributed by atoms with Crippen molar-refractivity contribution >= 4 is 35.8 Å². The van der Waals surface area contributed by atoms with E-state index in [0.29, 0.717) is 19.6 Å². The Hall–Kier alpha value is -1.39. The molecule has 4 N–H and O–H groups in total. The molecule has 1 atom stereocenters. The molecule has 0 aromatic heterocycles. The zero-order chi connectivity index (χ0) is 21.2. The number of nitrogens with one attached hydrogen (secondary N) is 4. The number of benzene rings is 1. The van der Waals surface area contributed by atoms with Crippen molar-refractivity contribution < 1.29 is 9.53 Å². The Morgan fingerprint density at radius 1 is 1.13 bits per heavy atom. The van der Waals surface area contributed by atoms with Gasteiger partial charge >= 0.3 is 0 Å². The van der Waals surface area contributed by atoms with Gasteiger partial charge in [0.1, 0.15) is 0 Å². The van der Waals surface area contributed by atoms with Crippen molar-refractivity contribution in [2.75, 3.05) is 39.4 Å². The Bertz CT molecular complexity index is 690. The van der Waals surface area contributed by atoms with Crippen LogP contribution in [0.25, 0.3) is 0 Å². The van der Waals surface area contributed by atoms with Gasteiger partial charge in [-0.05, 0) is 45.1 Å². The minimum atomic E-state index is -0.0873. The number of rotatable bonds is 10. The molecule has 1 aliphatic carbocycles. The molecule has 1 saturated carbocycles. The number of carbonyl (C=O) groups is 1. The first-order valence-corrected chi connectivity index (χ1v) is 11.3. The van der Waals surface area contributed by atoms with Crippen LogP contribution in [0, 0.1) is 5.92 Å². The molecule has 1 saturated heterocycles. The first-order valence-electron chi connectivity index (χ1n) is 11.3. The Labute approximate surface area is 203 Å². The lowest BCUT2D eigenvalue weighted by molar-refractivity contribution is -0.122. The maximum absolute atomic E-state index is 11.8. The van der Waals surface area contributed by atoms with Gasteiger partial charge in [-0.2, -0.15) is 0 Å². The molecule has 174 valence electrons. The maximum atomic E-state index is 11.8. The minimum absolute atomic E-state index is 0. The summed E-state index contributed by atoms with van der Waals surface area (Å²) in [6.45, 7) is 8.52. The highest BCUT2D eigenvalue weighted by molar-refractivity contribution is 14.0. The fraction of sp³-hybridized carbons (Fsp3) is 0.652. The summed E-state index contributed by atoms with van der Waals surface area (Å²) in [4.78, 5) is 16.6. The number of amides is 1. The SMILES string of the molecule is CCNC(=NCC1(NC(C)c2ccccc2)CCOCC1)NCCNC(=O)C1CC1.I. The molecule has 7 nitrogen and oxygen atoms in total. The van der Waals surface area contributed by atoms with E-state index in [4.69, 9.17) is 9.73 Å².